The number of rotatable bonds is 8. The minimum Gasteiger partial charge on any atom is -0.489 e. The van der Waals surface area contributed by atoms with Crippen LogP contribution in [0.4, 0.5) is 0 Å². The van der Waals surface area contributed by atoms with E-state index >= 15 is 0 Å². The second-order valence-electron chi connectivity index (χ2n) is 7.06. The number of hydrogen-bond acceptors (Lipinski definition) is 4. The van der Waals surface area contributed by atoms with E-state index in [0.29, 0.717) is 19.8 Å². The molecule has 0 saturated carbocycles. The van der Waals surface area contributed by atoms with Crippen LogP contribution in [-0.4, -0.2) is 32.7 Å². The second kappa shape index (κ2) is 11.1. The third-order valence-corrected chi connectivity index (χ3v) is 5.09. The number of piperidine rings is 1. The first-order chi connectivity index (χ1) is 13.2. The Kier molecular flexibility index (Phi) is 8.77. The molecule has 1 fully saturated rings. The molecule has 5 nitrogen and oxygen atoms in total. The van der Waals surface area contributed by atoms with E-state index in [2.05, 4.69) is 10.6 Å². The van der Waals surface area contributed by atoms with Gasteiger partial charge in [0.25, 0.3) is 0 Å². The van der Waals surface area contributed by atoms with Crippen LogP contribution in [0.25, 0.3) is 0 Å². The van der Waals surface area contributed by atoms with Crippen molar-refractivity contribution in [2.24, 2.45) is 5.41 Å². The number of carbonyl (C=O) groups is 1. The molecule has 0 unspecified atom stereocenters. The second-order valence-corrected chi connectivity index (χ2v) is 7.06. The van der Waals surface area contributed by atoms with Crippen LogP contribution in [0.2, 0.25) is 0 Å². The van der Waals surface area contributed by atoms with Gasteiger partial charge in [-0.1, -0.05) is 42.5 Å². The van der Waals surface area contributed by atoms with Crippen LogP contribution >= 0.6 is 12.4 Å². The summed E-state index contributed by atoms with van der Waals surface area (Å²) in [6.45, 7) is 3.23. The van der Waals surface area contributed by atoms with Crippen molar-refractivity contribution >= 4 is 18.3 Å². The van der Waals surface area contributed by atoms with Crippen molar-refractivity contribution < 1.29 is 14.3 Å². The van der Waals surface area contributed by atoms with Crippen molar-refractivity contribution in [1.29, 1.82) is 0 Å². The Labute approximate surface area is 173 Å². The Hall–Kier alpha value is -2.08. The van der Waals surface area contributed by atoms with Crippen LogP contribution in [0.15, 0.2) is 54.6 Å². The summed E-state index contributed by atoms with van der Waals surface area (Å²) in [6.07, 6.45) is 1.62. The molecule has 1 heterocycles. The molecule has 0 aromatic heterocycles. The zero-order valence-corrected chi connectivity index (χ0v) is 17.1. The number of nitrogens with one attached hydrogen (secondary N) is 2. The number of benzene rings is 2. The highest BCUT2D eigenvalue weighted by molar-refractivity contribution is 5.85. The molecule has 2 N–H and O–H groups in total. The first-order valence-corrected chi connectivity index (χ1v) is 9.45. The fourth-order valence-electron chi connectivity index (χ4n) is 3.43. The van der Waals surface area contributed by atoms with Gasteiger partial charge in [0.2, 0.25) is 5.91 Å². The van der Waals surface area contributed by atoms with E-state index in [0.717, 1.165) is 42.8 Å². The van der Waals surface area contributed by atoms with Crippen LogP contribution in [0, 0.1) is 5.41 Å². The van der Waals surface area contributed by atoms with E-state index in [1.54, 1.807) is 7.11 Å². The van der Waals surface area contributed by atoms with Crippen molar-refractivity contribution in [3.05, 3.63) is 65.7 Å². The van der Waals surface area contributed by atoms with E-state index < -0.39 is 5.41 Å². The van der Waals surface area contributed by atoms with Gasteiger partial charge in [0.05, 0.1) is 12.0 Å². The van der Waals surface area contributed by atoms with Gasteiger partial charge >= 0.3 is 0 Å². The maximum atomic E-state index is 12.8. The van der Waals surface area contributed by atoms with Gasteiger partial charge in [-0.15, -0.1) is 12.4 Å². The van der Waals surface area contributed by atoms with Crippen molar-refractivity contribution in [3.8, 4) is 5.75 Å². The number of methoxy groups -OCH3 is 1. The summed E-state index contributed by atoms with van der Waals surface area (Å²) >= 11 is 0. The molecule has 1 saturated heterocycles. The highest BCUT2D eigenvalue weighted by Crippen LogP contribution is 2.29. The van der Waals surface area contributed by atoms with Crippen molar-refractivity contribution in [3.63, 3.8) is 0 Å². The van der Waals surface area contributed by atoms with E-state index in [9.17, 15) is 4.79 Å². The minimum atomic E-state index is -0.413. The largest absolute Gasteiger partial charge is 0.489 e. The topological polar surface area (TPSA) is 59.6 Å². The minimum absolute atomic E-state index is 0. The molecular weight excluding hydrogens is 376 g/mol. The molecule has 1 aliphatic rings. The predicted molar refractivity (Wildman–Crippen MR) is 113 cm³/mol. The monoisotopic (exact) mass is 404 g/mol. The maximum absolute atomic E-state index is 12.8. The fraction of sp³-hybridized carbons (Fsp3) is 0.409. The lowest BCUT2D eigenvalue weighted by Gasteiger charge is -2.35. The van der Waals surface area contributed by atoms with Gasteiger partial charge in [0.1, 0.15) is 12.4 Å². The lowest BCUT2D eigenvalue weighted by atomic mass is 9.78. The van der Waals surface area contributed by atoms with Gasteiger partial charge in [0, 0.05) is 13.7 Å². The summed E-state index contributed by atoms with van der Waals surface area (Å²) in [5, 5.41) is 6.40. The summed E-state index contributed by atoms with van der Waals surface area (Å²) in [5.74, 6) is 0.946. The first-order valence-electron chi connectivity index (χ1n) is 9.45. The van der Waals surface area contributed by atoms with Crippen LogP contribution in [0.1, 0.15) is 24.0 Å². The zero-order valence-electron chi connectivity index (χ0n) is 16.3. The number of carbonyl (C=O) groups excluding carboxylic acids is 1. The van der Waals surface area contributed by atoms with E-state index in [-0.39, 0.29) is 18.3 Å². The average molecular weight is 405 g/mol. The van der Waals surface area contributed by atoms with E-state index in [4.69, 9.17) is 9.47 Å². The number of para-hydroxylation sites is 1. The highest BCUT2D eigenvalue weighted by Gasteiger charge is 2.39. The Morgan fingerprint density at radius 1 is 1.04 bits per heavy atom. The lowest BCUT2D eigenvalue weighted by molar-refractivity contribution is -0.136. The van der Waals surface area contributed by atoms with Crippen molar-refractivity contribution in [2.45, 2.75) is 26.0 Å². The van der Waals surface area contributed by atoms with Gasteiger partial charge in [-0.2, -0.15) is 0 Å². The number of hydrogen-bond donors (Lipinski definition) is 2. The summed E-state index contributed by atoms with van der Waals surface area (Å²) < 4.78 is 11.1. The van der Waals surface area contributed by atoms with Crippen molar-refractivity contribution in [2.75, 3.05) is 26.8 Å². The van der Waals surface area contributed by atoms with Crippen LogP contribution < -0.4 is 15.4 Å². The smallest absolute Gasteiger partial charge is 0.228 e. The molecule has 0 atom stereocenters. The molecular formula is C22H29ClN2O3. The molecule has 0 radical (unpaired) electrons. The number of halogens is 1. The van der Waals surface area contributed by atoms with Gasteiger partial charge in [0.15, 0.2) is 0 Å². The molecule has 1 aliphatic heterocycles. The standard InChI is InChI=1S/C22H28N2O3.ClH/c1-26-17-22(11-13-23-14-12-22)21(25)24-15-18-7-9-19(10-8-18)16-27-20-5-3-2-4-6-20;/h2-10,23H,11-17H2,1H3,(H,24,25);1H. The van der Waals surface area contributed by atoms with Crippen LogP contribution in [0.3, 0.4) is 0 Å². The Bertz CT molecular complexity index is 711. The fourth-order valence-corrected chi connectivity index (χ4v) is 3.43. The van der Waals surface area contributed by atoms with Gasteiger partial charge in [-0.3, -0.25) is 4.79 Å². The zero-order chi connectivity index (χ0) is 19.0. The van der Waals surface area contributed by atoms with Gasteiger partial charge < -0.3 is 20.1 Å². The molecule has 152 valence electrons. The molecule has 0 spiro atoms. The number of ether oxygens (including phenoxy) is 2. The average Bonchev–Trinajstić information content (AvgIpc) is 2.73. The quantitative estimate of drug-likeness (QED) is 0.708. The Morgan fingerprint density at radius 3 is 2.32 bits per heavy atom. The summed E-state index contributed by atoms with van der Waals surface area (Å²) in [5.41, 5.74) is 1.76. The van der Waals surface area contributed by atoms with E-state index in [1.165, 1.54) is 0 Å². The highest BCUT2D eigenvalue weighted by atomic mass is 35.5. The SMILES string of the molecule is COCC1(C(=O)NCc2ccc(COc3ccccc3)cc2)CCNCC1.Cl. The summed E-state index contributed by atoms with van der Waals surface area (Å²) in [6, 6.07) is 17.9. The molecule has 2 aromatic rings. The van der Waals surface area contributed by atoms with Crippen LogP contribution in [-0.2, 0) is 22.7 Å². The molecule has 2 aromatic carbocycles. The number of amides is 1. The lowest BCUT2D eigenvalue weighted by Crippen LogP contribution is -2.49. The molecule has 1 amide bonds. The summed E-state index contributed by atoms with van der Waals surface area (Å²) in [4.78, 5) is 12.8. The molecule has 6 heteroatoms. The molecule has 0 bridgehead atoms. The molecule has 3 rings (SSSR count). The van der Waals surface area contributed by atoms with E-state index in [1.807, 2.05) is 54.6 Å². The first kappa shape index (κ1) is 22.2. The third-order valence-electron chi connectivity index (χ3n) is 5.09. The summed E-state index contributed by atoms with van der Waals surface area (Å²) in [7, 11) is 1.66. The Morgan fingerprint density at radius 2 is 1.68 bits per heavy atom. The predicted octanol–water partition coefficient (Wildman–Crippen LogP) is 3.32. The maximum Gasteiger partial charge on any atom is 0.228 e. The van der Waals surface area contributed by atoms with Crippen molar-refractivity contribution in [1.82, 2.24) is 10.6 Å². The Balaban J connectivity index is 0.00000280. The van der Waals surface area contributed by atoms with Gasteiger partial charge in [-0.05, 0) is 49.2 Å². The normalized spacial score (nSPS) is 15.3. The third kappa shape index (κ3) is 5.96. The molecule has 28 heavy (non-hydrogen) atoms. The van der Waals surface area contributed by atoms with Crippen LogP contribution in [0.5, 0.6) is 5.75 Å². The van der Waals surface area contributed by atoms with Gasteiger partial charge in [-0.25, -0.2) is 0 Å². The molecule has 0 aliphatic carbocycles.